The van der Waals surface area contributed by atoms with Crippen LogP contribution in [0, 0.1) is 11.8 Å². The molecule has 0 aliphatic heterocycles. The van der Waals surface area contributed by atoms with Gasteiger partial charge in [-0.3, -0.25) is 19.4 Å². The van der Waals surface area contributed by atoms with Gasteiger partial charge in [0.1, 0.15) is 17.7 Å². The van der Waals surface area contributed by atoms with Gasteiger partial charge in [-0.05, 0) is 76.5 Å². The van der Waals surface area contributed by atoms with Crippen LogP contribution in [-0.4, -0.2) is 75.7 Å². The Morgan fingerprint density at radius 3 is 2.27 bits per heavy atom. The highest BCUT2D eigenvalue weighted by molar-refractivity contribution is 5.91. The number of alkyl carbamates (subject to hydrolysis) is 1. The summed E-state index contributed by atoms with van der Waals surface area (Å²) in [5, 5.41) is 20.3. The number of aromatic nitrogens is 1. The average Bonchev–Trinajstić information content (AvgIpc) is 3.10. The van der Waals surface area contributed by atoms with Crippen LogP contribution in [0.2, 0.25) is 0 Å². The summed E-state index contributed by atoms with van der Waals surface area (Å²) >= 11 is 0. The zero-order valence-electron chi connectivity index (χ0n) is 31.5. The molecular formula is C40H61N5O6. The molecule has 2 aromatic rings. The summed E-state index contributed by atoms with van der Waals surface area (Å²) in [6, 6.07) is 12.9. The zero-order chi connectivity index (χ0) is 37.4. The van der Waals surface area contributed by atoms with Crippen molar-refractivity contribution >= 4 is 23.8 Å². The smallest absolute Gasteiger partial charge is 0.408 e. The van der Waals surface area contributed by atoms with E-state index in [1.54, 1.807) is 40.9 Å². The first kappa shape index (κ1) is 41.4. The minimum absolute atomic E-state index is 0.167. The second-order valence-corrected chi connectivity index (χ2v) is 15.1. The molecule has 11 nitrogen and oxygen atoms in total. The molecule has 11 heteroatoms. The fourth-order valence-electron chi connectivity index (χ4n) is 6.70. The number of carbonyl (C=O) groups is 4. The molecule has 1 aromatic heterocycles. The number of carbonyl (C=O) groups excluding carboxylic acids is 4. The van der Waals surface area contributed by atoms with Crippen LogP contribution in [0.5, 0.6) is 0 Å². The predicted octanol–water partition coefficient (Wildman–Crippen LogP) is 5.69. The minimum Gasteiger partial charge on any atom is -0.444 e. The van der Waals surface area contributed by atoms with E-state index in [0.717, 1.165) is 36.9 Å². The SMILES string of the molecule is CCC[C@@H](C(=O)N[C@@H](CC1CCCCC1)[C@@H](O)C[C@@H](C)C(=O)NCc1ccccn1)N(C)C(=O)[C@H](CCc1ccccc1)NC(=O)OC(C)(C)C. The number of aliphatic hydroxyl groups is 1. The normalized spacial score (nSPS) is 16.5. The Balaban J connectivity index is 1.75. The number of benzene rings is 1. The molecular weight excluding hydrogens is 646 g/mol. The van der Waals surface area contributed by atoms with E-state index in [-0.39, 0.29) is 24.8 Å². The molecule has 3 rings (SSSR count). The van der Waals surface area contributed by atoms with E-state index >= 15 is 0 Å². The third kappa shape index (κ3) is 14.6. The first-order valence-electron chi connectivity index (χ1n) is 18.7. The van der Waals surface area contributed by atoms with Crippen LogP contribution < -0.4 is 16.0 Å². The van der Waals surface area contributed by atoms with Gasteiger partial charge < -0.3 is 30.7 Å². The van der Waals surface area contributed by atoms with Gasteiger partial charge in [0.05, 0.1) is 24.4 Å². The van der Waals surface area contributed by atoms with Gasteiger partial charge in [0.25, 0.3) is 0 Å². The summed E-state index contributed by atoms with van der Waals surface area (Å²) in [7, 11) is 1.59. The van der Waals surface area contributed by atoms with E-state index in [2.05, 4.69) is 20.9 Å². The number of nitrogens with zero attached hydrogens (tertiary/aromatic N) is 2. The Hall–Kier alpha value is -3.99. The molecule has 4 N–H and O–H groups in total. The van der Waals surface area contributed by atoms with Crippen LogP contribution in [0.25, 0.3) is 0 Å². The van der Waals surface area contributed by atoms with Crippen molar-refractivity contribution in [2.24, 2.45) is 11.8 Å². The first-order chi connectivity index (χ1) is 24.3. The zero-order valence-corrected chi connectivity index (χ0v) is 31.5. The van der Waals surface area contributed by atoms with Gasteiger partial charge in [-0.2, -0.15) is 0 Å². The Labute approximate surface area is 304 Å². The van der Waals surface area contributed by atoms with Gasteiger partial charge in [0, 0.05) is 19.2 Å². The van der Waals surface area contributed by atoms with E-state index in [1.165, 1.54) is 11.3 Å². The predicted molar refractivity (Wildman–Crippen MR) is 198 cm³/mol. The van der Waals surface area contributed by atoms with Crippen LogP contribution in [0.15, 0.2) is 54.7 Å². The highest BCUT2D eigenvalue weighted by atomic mass is 16.6. The van der Waals surface area contributed by atoms with Crippen molar-refractivity contribution in [2.45, 2.75) is 142 Å². The third-order valence-corrected chi connectivity index (χ3v) is 9.55. The maximum absolute atomic E-state index is 14.1. The number of likely N-dealkylation sites (N-methyl/N-ethyl adjacent to an activating group) is 1. The van der Waals surface area contributed by atoms with Gasteiger partial charge >= 0.3 is 6.09 Å². The van der Waals surface area contributed by atoms with Gasteiger partial charge in [-0.1, -0.05) is 88.8 Å². The first-order valence-corrected chi connectivity index (χ1v) is 18.7. The fraction of sp³-hybridized carbons (Fsp3) is 0.625. The number of aliphatic hydroxyl groups excluding tert-OH is 1. The molecule has 5 atom stereocenters. The Kier molecular flexibility index (Phi) is 16.9. The number of aryl methyl sites for hydroxylation is 1. The van der Waals surface area contributed by atoms with Crippen molar-refractivity contribution in [1.29, 1.82) is 0 Å². The molecule has 0 radical (unpaired) electrons. The third-order valence-electron chi connectivity index (χ3n) is 9.55. The second kappa shape index (κ2) is 20.8. The number of pyridine rings is 1. The lowest BCUT2D eigenvalue weighted by atomic mass is 9.82. The summed E-state index contributed by atoms with van der Waals surface area (Å²) in [5.41, 5.74) is 1.01. The number of hydrogen-bond acceptors (Lipinski definition) is 7. The summed E-state index contributed by atoms with van der Waals surface area (Å²) in [5.74, 6) is -1.12. The topological polar surface area (TPSA) is 150 Å². The second-order valence-electron chi connectivity index (χ2n) is 15.1. The lowest BCUT2D eigenvalue weighted by Crippen LogP contribution is -2.57. The van der Waals surface area contributed by atoms with Gasteiger partial charge in [0.2, 0.25) is 17.7 Å². The van der Waals surface area contributed by atoms with E-state index < -0.39 is 47.7 Å². The van der Waals surface area contributed by atoms with Crippen molar-refractivity contribution < 1.29 is 29.0 Å². The summed E-state index contributed by atoms with van der Waals surface area (Å²) < 4.78 is 5.48. The minimum atomic E-state index is -0.970. The molecule has 4 amide bonds. The van der Waals surface area contributed by atoms with Crippen molar-refractivity contribution in [3.63, 3.8) is 0 Å². The van der Waals surface area contributed by atoms with Crippen molar-refractivity contribution in [2.75, 3.05) is 7.05 Å². The molecule has 282 valence electrons. The van der Waals surface area contributed by atoms with Crippen LogP contribution >= 0.6 is 0 Å². The molecule has 1 aliphatic rings. The number of amides is 4. The van der Waals surface area contributed by atoms with Gasteiger partial charge in [-0.25, -0.2) is 4.79 Å². The van der Waals surface area contributed by atoms with E-state index in [1.807, 2.05) is 55.5 Å². The standard InChI is InChI=1S/C40H61N5O6/c1-7-16-34(45(6)38(49)32(44-39(50)51-40(3,4)5)23-22-29-17-10-8-11-18-29)37(48)43-33(26-30-19-12-9-13-20-30)35(46)25-28(2)36(47)42-27-31-21-14-15-24-41-31/h8,10-11,14-15,17-18,21,24,28,30,32-35,46H,7,9,12-13,16,19-20,22-23,25-27H2,1-6H3,(H,42,47)(H,43,48)(H,44,50)/t28-,32+,33+,34+,35+/m1/s1. The molecule has 51 heavy (non-hydrogen) atoms. The highest BCUT2D eigenvalue weighted by Gasteiger charge is 2.35. The Morgan fingerprint density at radius 1 is 0.961 bits per heavy atom. The number of hydrogen-bond donors (Lipinski definition) is 4. The largest absolute Gasteiger partial charge is 0.444 e. The summed E-state index contributed by atoms with van der Waals surface area (Å²) in [6.45, 7) is 9.29. The average molecular weight is 708 g/mol. The van der Waals surface area contributed by atoms with Crippen molar-refractivity contribution in [3.05, 3.63) is 66.0 Å². The van der Waals surface area contributed by atoms with Crippen LogP contribution in [0.3, 0.4) is 0 Å². The van der Waals surface area contributed by atoms with Crippen LogP contribution in [0.4, 0.5) is 4.79 Å². The lowest BCUT2D eigenvalue weighted by Gasteiger charge is -2.35. The maximum atomic E-state index is 14.1. The quantitative estimate of drug-likeness (QED) is 0.155. The van der Waals surface area contributed by atoms with Gasteiger partial charge in [0.15, 0.2) is 0 Å². The number of rotatable bonds is 18. The molecule has 1 aliphatic carbocycles. The fourth-order valence-corrected chi connectivity index (χ4v) is 6.70. The van der Waals surface area contributed by atoms with Crippen LogP contribution in [-0.2, 0) is 32.1 Å². The molecule has 0 saturated heterocycles. The molecule has 1 fully saturated rings. The molecule has 1 heterocycles. The van der Waals surface area contributed by atoms with E-state index in [9.17, 15) is 24.3 Å². The van der Waals surface area contributed by atoms with Crippen molar-refractivity contribution in [3.8, 4) is 0 Å². The van der Waals surface area contributed by atoms with E-state index in [0.29, 0.717) is 38.0 Å². The maximum Gasteiger partial charge on any atom is 0.408 e. The summed E-state index contributed by atoms with van der Waals surface area (Å²) in [6.07, 6.45) is 8.08. The van der Waals surface area contributed by atoms with Crippen LogP contribution in [0.1, 0.15) is 110 Å². The molecule has 1 aromatic carbocycles. The highest BCUT2D eigenvalue weighted by Crippen LogP contribution is 2.29. The lowest BCUT2D eigenvalue weighted by molar-refractivity contribution is -0.141. The summed E-state index contributed by atoms with van der Waals surface area (Å²) in [4.78, 5) is 59.7. The van der Waals surface area contributed by atoms with Crippen molar-refractivity contribution in [1.82, 2.24) is 25.8 Å². The Bertz CT molecular complexity index is 1360. The van der Waals surface area contributed by atoms with Gasteiger partial charge in [-0.15, -0.1) is 0 Å². The monoisotopic (exact) mass is 707 g/mol. The molecule has 0 unspecified atom stereocenters. The number of ether oxygens (including phenoxy) is 1. The molecule has 1 saturated carbocycles. The number of nitrogens with one attached hydrogen (secondary N) is 3. The van der Waals surface area contributed by atoms with E-state index in [4.69, 9.17) is 4.74 Å². The Morgan fingerprint density at radius 2 is 1.65 bits per heavy atom. The molecule has 0 bridgehead atoms. The molecule has 0 spiro atoms.